The first-order valence-corrected chi connectivity index (χ1v) is 7.86. The smallest absolute Gasteiger partial charge is 0.288 e. The summed E-state index contributed by atoms with van der Waals surface area (Å²) in [5, 5.41) is 0. The molecule has 0 heterocycles. The van der Waals surface area contributed by atoms with E-state index in [0.29, 0.717) is 0 Å². The minimum Gasteiger partial charge on any atom is -0.288 e. The van der Waals surface area contributed by atoms with E-state index in [2.05, 4.69) is 0 Å². The molecule has 0 saturated carbocycles. The van der Waals surface area contributed by atoms with Crippen molar-refractivity contribution in [1.29, 1.82) is 0 Å². The summed E-state index contributed by atoms with van der Waals surface area (Å²) < 4.78 is 137. The van der Waals surface area contributed by atoms with Gasteiger partial charge >= 0.3 is 12.4 Å². The number of ketones is 2. The summed E-state index contributed by atoms with van der Waals surface area (Å²) in [6, 6.07) is 0. The van der Waals surface area contributed by atoms with Crippen molar-refractivity contribution in [2.24, 2.45) is 0 Å². The molecule has 0 fully saturated rings. The highest BCUT2D eigenvalue weighted by Crippen LogP contribution is 2.43. The quantitative estimate of drug-likeness (QED) is 0.386. The van der Waals surface area contributed by atoms with E-state index in [-0.39, 0.29) is 0 Å². The molecule has 0 saturated heterocycles. The van der Waals surface area contributed by atoms with Crippen molar-refractivity contribution in [3.8, 4) is 0 Å². The Hall–Kier alpha value is -1.78. The molecular weight excluding hydrogens is 402 g/mol. The molecule has 8 nitrogen and oxygen atoms in total. The maximum absolute atomic E-state index is 12.7. The lowest BCUT2D eigenvalue weighted by molar-refractivity contribution is -0.134. The van der Waals surface area contributed by atoms with E-state index in [1.807, 2.05) is 0 Å². The molecule has 0 radical (unpaired) electrons. The molecule has 0 aliphatic heterocycles. The van der Waals surface area contributed by atoms with Crippen LogP contribution >= 0.6 is 0 Å². The molecule has 2 N–H and O–H groups in total. The van der Waals surface area contributed by atoms with E-state index < -0.39 is 65.1 Å². The van der Waals surface area contributed by atoms with Gasteiger partial charge in [0.1, 0.15) is 11.1 Å². The molecular formula is C8H2F6O8S2. The topological polar surface area (TPSA) is 143 Å². The molecule has 0 aromatic carbocycles. The Morgan fingerprint density at radius 2 is 0.833 bits per heavy atom. The Labute approximate surface area is 127 Å². The molecule has 1 aliphatic rings. The van der Waals surface area contributed by atoms with Crippen molar-refractivity contribution < 1.29 is 61.9 Å². The van der Waals surface area contributed by atoms with E-state index in [0.717, 1.165) is 0 Å². The first-order chi connectivity index (χ1) is 10.3. The largest absolute Gasteiger partial charge is 0.421 e. The van der Waals surface area contributed by atoms with Crippen LogP contribution in [0.1, 0.15) is 0 Å². The predicted molar refractivity (Wildman–Crippen MR) is 59.3 cm³/mol. The van der Waals surface area contributed by atoms with Crippen molar-refractivity contribution in [2.75, 3.05) is 0 Å². The van der Waals surface area contributed by atoms with Gasteiger partial charge in [0.25, 0.3) is 20.2 Å². The van der Waals surface area contributed by atoms with E-state index in [1.165, 1.54) is 0 Å². The van der Waals surface area contributed by atoms with Gasteiger partial charge in [-0.05, 0) is 0 Å². The van der Waals surface area contributed by atoms with Crippen LogP contribution in [0.25, 0.3) is 0 Å². The lowest BCUT2D eigenvalue weighted by Crippen LogP contribution is -2.40. The van der Waals surface area contributed by atoms with Gasteiger partial charge in [-0.2, -0.15) is 43.2 Å². The van der Waals surface area contributed by atoms with Crippen LogP contribution in [0.15, 0.2) is 21.0 Å². The second-order valence-electron chi connectivity index (χ2n) is 4.01. The van der Waals surface area contributed by atoms with Crippen molar-refractivity contribution >= 4 is 31.8 Å². The number of carbonyl (C=O) groups excluding carboxylic acids is 2. The van der Waals surface area contributed by atoms with Crippen LogP contribution < -0.4 is 0 Å². The van der Waals surface area contributed by atoms with Gasteiger partial charge in [0, 0.05) is 0 Å². The Morgan fingerprint density at radius 1 is 0.625 bits per heavy atom. The molecule has 0 aromatic rings. The molecule has 0 atom stereocenters. The zero-order valence-electron chi connectivity index (χ0n) is 10.4. The molecule has 16 heteroatoms. The second kappa shape index (κ2) is 5.36. The van der Waals surface area contributed by atoms with Crippen LogP contribution in [0.2, 0.25) is 0 Å². The zero-order chi connectivity index (χ0) is 19.5. The third kappa shape index (κ3) is 3.50. The third-order valence-electron chi connectivity index (χ3n) is 2.40. The summed E-state index contributed by atoms with van der Waals surface area (Å²) in [5.41, 5.74) is -6.37. The summed E-state index contributed by atoms with van der Waals surface area (Å²) in [4.78, 5) is 17.0. The summed E-state index contributed by atoms with van der Waals surface area (Å²) in [6.07, 6.45) is -12.3. The Bertz CT molecular complexity index is 823. The van der Waals surface area contributed by atoms with Crippen molar-refractivity contribution in [1.82, 2.24) is 0 Å². The molecule has 1 aliphatic carbocycles. The first-order valence-electron chi connectivity index (χ1n) is 4.98. The standard InChI is InChI=1S/C8H2F6O8S2/c9-7(10,11)1-3(15)6(24(20,21)22)2(8(12,13)14)4(16)5(1)23(17,18)19/h(H,17,18,19)(H,20,21,22). The monoisotopic (exact) mass is 404 g/mol. The van der Waals surface area contributed by atoms with Crippen LogP contribution in [0.4, 0.5) is 26.3 Å². The first kappa shape index (κ1) is 20.3. The maximum atomic E-state index is 12.7. The lowest BCUT2D eigenvalue weighted by atomic mass is 9.95. The van der Waals surface area contributed by atoms with Crippen LogP contribution in [-0.2, 0) is 29.8 Å². The average Bonchev–Trinajstić information content (AvgIpc) is 2.24. The number of alkyl halides is 6. The van der Waals surface area contributed by atoms with E-state index in [1.54, 1.807) is 0 Å². The van der Waals surface area contributed by atoms with Gasteiger partial charge in [-0.3, -0.25) is 18.7 Å². The molecule has 24 heavy (non-hydrogen) atoms. The number of hydrogen-bond donors (Lipinski definition) is 2. The van der Waals surface area contributed by atoms with Gasteiger partial charge in [-0.25, -0.2) is 0 Å². The van der Waals surface area contributed by atoms with Crippen molar-refractivity contribution in [3.63, 3.8) is 0 Å². The predicted octanol–water partition coefficient (Wildman–Crippen LogP) is 0.547. The fraction of sp³-hybridized carbons (Fsp3) is 0.250. The van der Waals surface area contributed by atoms with Gasteiger partial charge < -0.3 is 0 Å². The lowest BCUT2D eigenvalue weighted by Gasteiger charge is -2.23. The third-order valence-corrected chi connectivity index (χ3v) is 4.21. The Morgan fingerprint density at radius 3 is 0.958 bits per heavy atom. The Kier molecular flexibility index (Phi) is 4.53. The van der Waals surface area contributed by atoms with E-state index in [9.17, 15) is 52.8 Å². The number of halogens is 6. The fourth-order valence-electron chi connectivity index (χ4n) is 1.67. The zero-order valence-corrected chi connectivity index (χ0v) is 12.1. The summed E-state index contributed by atoms with van der Waals surface area (Å²) in [5.74, 6) is -6.32. The SMILES string of the molecule is O=C1C(C(F)(F)F)=C(S(=O)(=O)O)C(=O)C(C(F)(F)F)=C1S(=O)(=O)O. The highest BCUT2D eigenvalue weighted by Gasteiger charge is 2.58. The normalized spacial score (nSPS) is 18.5. The highest BCUT2D eigenvalue weighted by atomic mass is 32.2. The van der Waals surface area contributed by atoms with Gasteiger partial charge in [-0.15, -0.1) is 0 Å². The van der Waals surface area contributed by atoms with Gasteiger partial charge in [0.05, 0.1) is 0 Å². The van der Waals surface area contributed by atoms with Crippen molar-refractivity contribution in [2.45, 2.75) is 12.4 Å². The van der Waals surface area contributed by atoms with Crippen LogP contribution in [0.3, 0.4) is 0 Å². The van der Waals surface area contributed by atoms with Crippen LogP contribution in [-0.4, -0.2) is 49.9 Å². The minimum absolute atomic E-state index is 3.00. The van der Waals surface area contributed by atoms with Crippen LogP contribution in [0.5, 0.6) is 0 Å². The second-order valence-corrected chi connectivity index (χ2v) is 6.73. The number of hydrogen-bond acceptors (Lipinski definition) is 6. The van der Waals surface area contributed by atoms with Gasteiger partial charge in [0.2, 0.25) is 11.6 Å². The average molecular weight is 404 g/mol. The summed E-state index contributed by atoms with van der Waals surface area (Å²) >= 11 is 0. The molecule has 0 aromatic heterocycles. The molecule has 0 amide bonds. The fourth-order valence-corrected chi connectivity index (χ4v) is 3.27. The molecule has 136 valence electrons. The number of Topliss-reactive ketones (excluding diaryl/α,β-unsaturated/α-hetero) is 2. The van der Waals surface area contributed by atoms with Gasteiger partial charge in [-0.1, -0.05) is 0 Å². The molecule has 0 bridgehead atoms. The van der Waals surface area contributed by atoms with E-state index in [4.69, 9.17) is 9.11 Å². The summed E-state index contributed by atoms with van der Waals surface area (Å²) in [6.45, 7) is 0. The maximum Gasteiger partial charge on any atom is 0.421 e. The molecule has 0 unspecified atom stereocenters. The Balaban J connectivity index is 4.16. The number of carbonyl (C=O) groups is 2. The van der Waals surface area contributed by atoms with Crippen molar-refractivity contribution in [3.05, 3.63) is 21.0 Å². The molecule has 0 spiro atoms. The summed E-state index contributed by atoms with van der Waals surface area (Å²) in [7, 11) is -12.6. The molecule has 1 rings (SSSR count). The number of rotatable bonds is 2. The van der Waals surface area contributed by atoms with Gasteiger partial charge in [0.15, 0.2) is 9.81 Å². The minimum atomic E-state index is -6.32. The van der Waals surface area contributed by atoms with Crippen LogP contribution in [0, 0.1) is 0 Å². The van der Waals surface area contributed by atoms with E-state index >= 15 is 0 Å². The highest BCUT2D eigenvalue weighted by molar-refractivity contribution is 7.92. The number of allylic oxidation sites excluding steroid dienone is 4.